The molecule has 126 valence electrons. The Morgan fingerprint density at radius 1 is 1.21 bits per heavy atom. The smallest absolute Gasteiger partial charge is 0.255 e. The number of nitrogens with one attached hydrogen (secondary N) is 1. The summed E-state index contributed by atoms with van der Waals surface area (Å²) < 4.78 is 26.1. The predicted octanol–water partition coefficient (Wildman–Crippen LogP) is 3.41. The van der Waals surface area contributed by atoms with E-state index in [-0.39, 0.29) is 5.91 Å². The topological polar surface area (TPSA) is 66.5 Å². The number of hydrogen-bond acceptors (Lipinski definition) is 3. The van der Waals surface area contributed by atoms with Crippen LogP contribution in [0.3, 0.4) is 0 Å². The van der Waals surface area contributed by atoms with Gasteiger partial charge in [-0.1, -0.05) is 22.0 Å². The molecule has 3 rings (SSSR count). The number of carbonyl (C=O) groups excluding carboxylic acids is 1. The molecule has 7 heteroatoms. The Morgan fingerprint density at radius 3 is 2.71 bits per heavy atom. The van der Waals surface area contributed by atoms with Gasteiger partial charge in [-0.2, -0.15) is 0 Å². The molecule has 0 atom stereocenters. The van der Waals surface area contributed by atoms with E-state index in [0.717, 1.165) is 22.9 Å². The maximum Gasteiger partial charge on any atom is 0.255 e. The molecule has 1 aliphatic rings. The highest BCUT2D eigenvalue weighted by atomic mass is 79.9. The molecular weight excluding hydrogens is 392 g/mol. The number of nitrogens with zero attached hydrogens (tertiary/aromatic N) is 1. The normalized spacial score (nSPS) is 14.2. The summed E-state index contributed by atoms with van der Waals surface area (Å²) in [6.45, 7) is 0.482. The third-order valence-electron chi connectivity index (χ3n) is 3.90. The third-order valence-corrected chi connectivity index (χ3v) is 5.57. The van der Waals surface area contributed by atoms with Crippen molar-refractivity contribution in [3.05, 3.63) is 58.1 Å². The Morgan fingerprint density at radius 2 is 2.00 bits per heavy atom. The minimum atomic E-state index is -3.30. The summed E-state index contributed by atoms with van der Waals surface area (Å²) in [6, 6.07) is 12.5. The lowest BCUT2D eigenvalue weighted by molar-refractivity contribution is 0.102. The SMILES string of the molecule is CS(=O)(=O)N1CCCc2cc(C(=O)Nc3cccc(Br)c3)ccc21. The molecule has 0 aliphatic carbocycles. The van der Waals surface area contributed by atoms with Gasteiger partial charge in [-0.15, -0.1) is 0 Å². The first kappa shape index (κ1) is 17.0. The molecule has 2 aromatic rings. The van der Waals surface area contributed by atoms with Gasteiger partial charge in [0.05, 0.1) is 11.9 Å². The first-order valence-electron chi connectivity index (χ1n) is 7.52. The van der Waals surface area contributed by atoms with Gasteiger partial charge in [-0.3, -0.25) is 9.10 Å². The van der Waals surface area contributed by atoms with Crippen molar-refractivity contribution in [1.29, 1.82) is 0 Å². The van der Waals surface area contributed by atoms with Crippen molar-refractivity contribution in [3.8, 4) is 0 Å². The molecule has 24 heavy (non-hydrogen) atoms. The van der Waals surface area contributed by atoms with Crippen LogP contribution in [0.5, 0.6) is 0 Å². The number of anilines is 2. The number of hydrogen-bond donors (Lipinski definition) is 1. The van der Waals surface area contributed by atoms with Crippen LogP contribution < -0.4 is 9.62 Å². The van der Waals surface area contributed by atoms with Crippen LogP contribution in [0.4, 0.5) is 11.4 Å². The van der Waals surface area contributed by atoms with Crippen molar-refractivity contribution < 1.29 is 13.2 Å². The summed E-state index contributed by atoms with van der Waals surface area (Å²) in [7, 11) is -3.30. The number of fused-ring (bicyclic) bond motifs is 1. The molecule has 1 amide bonds. The number of aryl methyl sites for hydroxylation is 1. The van der Waals surface area contributed by atoms with Gasteiger partial charge in [0.25, 0.3) is 5.91 Å². The van der Waals surface area contributed by atoms with Gasteiger partial charge in [-0.05, 0) is 54.8 Å². The van der Waals surface area contributed by atoms with Gasteiger partial charge < -0.3 is 5.32 Å². The van der Waals surface area contributed by atoms with Crippen LogP contribution in [0.1, 0.15) is 22.3 Å². The molecule has 1 N–H and O–H groups in total. The second kappa shape index (κ2) is 6.57. The van der Waals surface area contributed by atoms with E-state index in [1.54, 1.807) is 18.2 Å². The number of rotatable bonds is 3. The van der Waals surface area contributed by atoms with Crippen LogP contribution in [0.15, 0.2) is 46.9 Å². The maximum atomic E-state index is 12.4. The first-order valence-corrected chi connectivity index (χ1v) is 10.2. The summed E-state index contributed by atoms with van der Waals surface area (Å²) in [5.41, 5.74) is 2.77. The lowest BCUT2D eigenvalue weighted by Gasteiger charge is -2.29. The number of sulfonamides is 1. The van der Waals surface area contributed by atoms with Crippen LogP contribution in [0.2, 0.25) is 0 Å². The van der Waals surface area contributed by atoms with Crippen molar-refractivity contribution in [2.24, 2.45) is 0 Å². The average molecular weight is 409 g/mol. The summed E-state index contributed by atoms with van der Waals surface area (Å²) in [6.07, 6.45) is 2.71. The summed E-state index contributed by atoms with van der Waals surface area (Å²) >= 11 is 3.37. The number of amides is 1. The van der Waals surface area contributed by atoms with E-state index in [1.807, 2.05) is 24.3 Å². The van der Waals surface area contributed by atoms with E-state index >= 15 is 0 Å². The molecule has 0 bridgehead atoms. The summed E-state index contributed by atoms with van der Waals surface area (Å²) in [5.74, 6) is -0.215. The van der Waals surface area contributed by atoms with Gasteiger partial charge >= 0.3 is 0 Å². The van der Waals surface area contributed by atoms with Crippen molar-refractivity contribution in [1.82, 2.24) is 0 Å². The van der Waals surface area contributed by atoms with Gasteiger partial charge in [0.1, 0.15) is 0 Å². The molecule has 1 aliphatic heterocycles. The monoisotopic (exact) mass is 408 g/mol. The van der Waals surface area contributed by atoms with Gasteiger partial charge in [0, 0.05) is 22.3 Å². The van der Waals surface area contributed by atoms with E-state index in [9.17, 15) is 13.2 Å². The zero-order valence-electron chi connectivity index (χ0n) is 13.1. The number of carbonyl (C=O) groups is 1. The molecule has 5 nitrogen and oxygen atoms in total. The fourth-order valence-electron chi connectivity index (χ4n) is 2.82. The number of halogens is 1. The van der Waals surface area contributed by atoms with Crippen molar-refractivity contribution in [2.45, 2.75) is 12.8 Å². The molecule has 0 spiro atoms. The fourth-order valence-corrected chi connectivity index (χ4v) is 4.21. The highest BCUT2D eigenvalue weighted by Crippen LogP contribution is 2.30. The molecule has 0 unspecified atom stereocenters. The van der Waals surface area contributed by atoms with E-state index in [1.165, 1.54) is 10.6 Å². The third kappa shape index (κ3) is 3.62. The molecule has 1 heterocycles. The quantitative estimate of drug-likeness (QED) is 0.845. The van der Waals surface area contributed by atoms with Crippen LogP contribution >= 0.6 is 15.9 Å². The molecular formula is C17H17BrN2O3S. The second-order valence-electron chi connectivity index (χ2n) is 5.75. The summed E-state index contributed by atoms with van der Waals surface area (Å²) in [5, 5.41) is 2.85. The average Bonchev–Trinajstić information content (AvgIpc) is 2.53. The zero-order valence-corrected chi connectivity index (χ0v) is 15.5. The highest BCUT2D eigenvalue weighted by molar-refractivity contribution is 9.10. The molecule has 2 aromatic carbocycles. The minimum Gasteiger partial charge on any atom is -0.322 e. The summed E-state index contributed by atoms with van der Waals surface area (Å²) in [4.78, 5) is 12.4. The van der Waals surface area contributed by atoms with E-state index in [2.05, 4.69) is 21.2 Å². The Kier molecular flexibility index (Phi) is 4.64. The van der Waals surface area contributed by atoms with E-state index < -0.39 is 10.0 Å². The molecule has 0 saturated heterocycles. The van der Waals surface area contributed by atoms with Gasteiger partial charge in [0.15, 0.2) is 0 Å². The predicted molar refractivity (Wildman–Crippen MR) is 99.0 cm³/mol. The molecule has 0 aromatic heterocycles. The van der Waals surface area contributed by atoms with E-state index in [4.69, 9.17) is 0 Å². The van der Waals surface area contributed by atoms with Crippen LogP contribution in [-0.4, -0.2) is 27.1 Å². The lowest BCUT2D eigenvalue weighted by atomic mass is 10.0. The fraction of sp³-hybridized carbons (Fsp3) is 0.235. The molecule has 0 fully saturated rings. The van der Waals surface area contributed by atoms with Crippen LogP contribution in [-0.2, 0) is 16.4 Å². The van der Waals surface area contributed by atoms with Crippen molar-refractivity contribution in [2.75, 3.05) is 22.4 Å². The van der Waals surface area contributed by atoms with Crippen molar-refractivity contribution >= 4 is 43.2 Å². The minimum absolute atomic E-state index is 0.215. The van der Waals surface area contributed by atoms with Gasteiger partial charge in [-0.25, -0.2) is 8.42 Å². The Bertz CT molecular complexity index is 896. The highest BCUT2D eigenvalue weighted by Gasteiger charge is 2.24. The lowest BCUT2D eigenvalue weighted by Crippen LogP contribution is -2.34. The number of benzene rings is 2. The standard InChI is InChI=1S/C17H17BrN2O3S/c1-24(22,23)20-9-3-4-12-10-13(7-8-16(12)20)17(21)19-15-6-2-5-14(18)11-15/h2,5-8,10-11H,3-4,9H2,1H3,(H,19,21). The first-order chi connectivity index (χ1) is 11.3. The Balaban J connectivity index is 1.87. The van der Waals surface area contributed by atoms with Crippen molar-refractivity contribution in [3.63, 3.8) is 0 Å². The second-order valence-corrected chi connectivity index (χ2v) is 8.57. The maximum absolute atomic E-state index is 12.4. The van der Waals surface area contributed by atoms with Gasteiger partial charge in [0.2, 0.25) is 10.0 Å². The largest absolute Gasteiger partial charge is 0.322 e. The Hall–Kier alpha value is -1.86. The van der Waals surface area contributed by atoms with E-state index in [0.29, 0.717) is 23.5 Å². The van der Waals surface area contributed by atoms with Crippen LogP contribution in [0, 0.1) is 0 Å². The molecule has 0 radical (unpaired) electrons. The molecule has 0 saturated carbocycles. The van der Waals surface area contributed by atoms with Crippen LogP contribution in [0.25, 0.3) is 0 Å². The Labute approximate surface area is 149 Å². The zero-order chi connectivity index (χ0) is 17.3.